The van der Waals surface area contributed by atoms with Gasteiger partial charge in [-0.2, -0.15) is 20.7 Å². The Balaban J connectivity index is 0.000000191. The van der Waals surface area contributed by atoms with Gasteiger partial charge in [0.2, 0.25) is 0 Å². The van der Waals surface area contributed by atoms with Gasteiger partial charge >= 0.3 is 6.09 Å². The molecule has 18 nitrogen and oxygen atoms in total. The van der Waals surface area contributed by atoms with Crippen LogP contribution < -0.4 is 15.1 Å². The summed E-state index contributed by atoms with van der Waals surface area (Å²) in [7, 11) is 0. The summed E-state index contributed by atoms with van der Waals surface area (Å²) in [6.45, 7) is -2.51. The molecule has 0 saturated carbocycles. The number of β-amino-alcohol motifs (C(OH)–C–C–N with tert-alkyl or cyclic N) is 2. The van der Waals surface area contributed by atoms with Crippen molar-refractivity contribution in [2.75, 3.05) is 35.8 Å². The quantitative estimate of drug-likeness (QED) is 0.175. The molecule has 2 unspecified atom stereocenters. The summed E-state index contributed by atoms with van der Waals surface area (Å²) < 4.78 is 104. The molecule has 0 bridgehead atoms. The van der Waals surface area contributed by atoms with E-state index in [2.05, 4.69) is 25.5 Å². The molecule has 2 fully saturated rings. The number of anilines is 2. The van der Waals surface area contributed by atoms with E-state index in [0.717, 1.165) is 25.4 Å². The highest BCUT2D eigenvalue weighted by molar-refractivity contribution is 6.09. The fourth-order valence-electron chi connectivity index (χ4n) is 7.85. The Morgan fingerprint density at radius 3 is 1.74 bits per heavy atom. The number of nitrogens with one attached hydrogen (secondary N) is 1. The molecular weight excluding hydrogens is 891 g/mol. The van der Waals surface area contributed by atoms with E-state index in [0.29, 0.717) is 5.69 Å². The fraction of sp³-hybridized carbons (Fsp3) is 0.327. The number of carbonyl (C=O) groups is 3. The van der Waals surface area contributed by atoms with Gasteiger partial charge in [-0.1, -0.05) is 12.1 Å². The van der Waals surface area contributed by atoms with Gasteiger partial charge in [-0.3, -0.25) is 9.59 Å². The predicted molar refractivity (Wildman–Crippen MR) is 245 cm³/mol. The first-order chi connectivity index (χ1) is 35.7. The second kappa shape index (κ2) is 17.2. The zero-order chi connectivity index (χ0) is 56.3. The van der Waals surface area contributed by atoms with Crippen LogP contribution in [0, 0.1) is 34.3 Å². The lowest BCUT2D eigenvalue weighted by Crippen LogP contribution is -2.37. The Morgan fingerprint density at radius 1 is 0.783 bits per heavy atom. The Bertz CT molecular complexity index is 3570. The van der Waals surface area contributed by atoms with E-state index in [1.807, 2.05) is 12.1 Å². The first-order valence-electron chi connectivity index (χ1n) is 25.2. The zero-order valence-corrected chi connectivity index (χ0v) is 37.5. The van der Waals surface area contributed by atoms with Gasteiger partial charge in [-0.25, -0.2) is 37.8 Å². The van der Waals surface area contributed by atoms with Crippen molar-refractivity contribution >= 4 is 29.5 Å². The third kappa shape index (κ3) is 8.95. The number of rotatable bonds is 6. The van der Waals surface area contributed by atoms with Gasteiger partial charge in [0.05, 0.1) is 109 Å². The SMILES string of the molecule is [2H]C1([2H])CC(C)(O)C([2H])([2H])N1c1ccn(-c2cc(-c3c(F)cccc3C#N)nc3c2C(=O)N(C(=O)OC(C)(C)C)C3)n1.[2H]C1([2H])CC(C)(O)C([2H])([2H])N1c1ccn(-c2cc(-c3c(F)cccc3C#N)nc3c2C(=O)NC3)n1. The second-order valence-corrected chi connectivity index (χ2v) is 17.6. The highest BCUT2D eigenvalue weighted by atomic mass is 19.1. The molecule has 2 aromatic carbocycles. The van der Waals surface area contributed by atoms with Gasteiger partial charge < -0.3 is 30.1 Å². The number of hydrogen-bond acceptors (Lipinski definition) is 14. The van der Waals surface area contributed by atoms with Crippen molar-refractivity contribution in [1.29, 1.82) is 10.5 Å². The van der Waals surface area contributed by atoms with Crippen LogP contribution in [0.3, 0.4) is 0 Å². The average Bonchev–Trinajstić information content (AvgIpc) is 4.17. The predicted octanol–water partition coefficient (Wildman–Crippen LogP) is 5.95. The summed E-state index contributed by atoms with van der Waals surface area (Å²) in [6.07, 6.45) is 0.794. The molecule has 2 saturated heterocycles. The molecule has 3 amide bonds. The molecule has 3 N–H and O–H groups in total. The van der Waals surface area contributed by atoms with Gasteiger partial charge in [0.1, 0.15) is 17.2 Å². The van der Waals surface area contributed by atoms with Gasteiger partial charge in [0, 0.05) is 56.0 Å². The minimum absolute atomic E-state index is 0.0240. The molecule has 0 radical (unpaired) electrons. The molecule has 0 aliphatic carbocycles. The van der Waals surface area contributed by atoms with E-state index in [1.54, 1.807) is 20.8 Å². The first-order valence-corrected chi connectivity index (χ1v) is 21.2. The van der Waals surface area contributed by atoms with Crippen LogP contribution in [0.4, 0.5) is 25.2 Å². The Morgan fingerprint density at radius 2 is 1.28 bits per heavy atom. The van der Waals surface area contributed by atoms with E-state index < -0.39 is 85.2 Å². The van der Waals surface area contributed by atoms with Crippen molar-refractivity contribution in [3.63, 3.8) is 0 Å². The number of pyridine rings is 2. The van der Waals surface area contributed by atoms with E-state index in [-0.39, 0.29) is 86.6 Å². The topological polar surface area (TPSA) is 232 Å². The van der Waals surface area contributed by atoms with Crippen LogP contribution >= 0.6 is 0 Å². The zero-order valence-electron chi connectivity index (χ0n) is 45.5. The van der Waals surface area contributed by atoms with Crippen molar-refractivity contribution < 1.29 is 49.1 Å². The number of amides is 3. The number of nitrogens with zero attached hydrogens (tertiary/aromatic N) is 11. The van der Waals surface area contributed by atoms with Crippen LogP contribution in [-0.4, -0.2) is 105 Å². The van der Waals surface area contributed by atoms with Crippen LogP contribution in [0.2, 0.25) is 0 Å². The number of hydrogen-bond donors (Lipinski definition) is 3. The van der Waals surface area contributed by atoms with E-state index in [1.165, 1.54) is 85.5 Å². The maximum atomic E-state index is 15.0. The number of benzene rings is 2. The first kappa shape index (κ1) is 37.0. The second-order valence-electron chi connectivity index (χ2n) is 17.6. The summed E-state index contributed by atoms with van der Waals surface area (Å²) in [5.41, 5.74) is -4.25. The summed E-state index contributed by atoms with van der Waals surface area (Å²) in [4.78, 5) is 50.2. The van der Waals surface area contributed by atoms with Crippen LogP contribution in [-0.2, 0) is 17.8 Å². The molecule has 352 valence electrons. The lowest BCUT2D eigenvalue weighted by Gasteiger charge is -2.23. The molecule has 4 aromatic heterocycles. The Kier molecular flexibility index (Phi) is 9.23. The number of ether oxygens (including phenoxy) is 1. The van der Waals surface area contributed by atoms with Crippen molar-refractivity contribution in [3.05, 3.63) is 118 Å². The average molecular weight is 945 g/mol. The summed E-state index contributed by atoms with van der Waals surface area (Å²) >= 11 is 0. The van der Waals surface area contributed by atoms with Crippen LogP contribution in [0.15, 0.2) is 73.1 Å². The molecule has 4 aliphatic heterocycles. The highest BCUT2D eigenvalue weighted by Gasteiger charge is 2.40. The van der Waals surface area contributed by atoms with E-state index in [9.17, 15) is 39.5 Å². The maximum absolute atomic E-state index is 15.0. The third-order valence-electron chi connectivity index (χ3n) is 10.9. The molecule has 20 heteroatoms. The molecule has 2 atom stereocenters. The highest BCUT2D eigenvalue weighted by Crippen LogP contribution is 2.36. The Labute approximate surface area is 405 Å². The van der Waals surface area contributed by atoms with Crippen LogP contribution in [0.1, 0.15) is 102 Å². The lowest BCUT2D eigenvalue weighted by atomic mass is 10.0. The van der Waals surface area contributed by atoms with Crippen molar-refractivity contribution in [1.82, 2.24) is 39.7 Å². The van der Waals surface area contributed by atoms with Gasteiger partial charge in [0.25, 0.3) is 11.8 Å². The lowest BCUT2D eigenvalue weighted by molar-refractivity contribution is 0.0246. The number of halogens is 2. The number of aliphatic hydroxyl groups is 2. The van der Waals surface area contributed by atoms with Crippen LogP contribution in [0.5, 0.6) is 0 Å². The normalized spacial score (nSPS) is 24.1. The fourth-order valence-corrected chi connectivity index (χ4v) is 7.85. The molecule has 10 rings (SSSR count). The van der Waals surface area contributed by atoms with Crippen molar-refractivity contribution in [2.45, 2.75) is 77.4 Å². The monoisotopic (exact) mass is 944 g/mol. The number of imide groups is 1. The number of carbonyl (C=O) groups excluding carboxylic acids is 3. The van der Waals surface area contributed by atoms with Crippen LogP contribution in [0.25, 0.3) is 33.9 Å². The standard InChI is InChI=1S/C27H27FN6O4.C22H19FN6O2/c1-26(2,3)38-25(36)33-14-19-23(24(33)35)20(12-18(30-19)22-16(13-29)6-5-7-17(22)28)34-10-8-21(31-34)32-11-9-27(4,37)15-32;1-22(31)6-8-28(12-22)18-5-7-29(27-18)17-9-15(26-16-11-25-21(30)20(16)17)19-13(10-24)3-2-4-14(19)23/h5-8,10,12,37H,9,11,14-15H2,1-4H3;2-5,7,9,31H,6,8,11-12H2,1H3,(H,25,30)/i11D2,15D2;8D2,12D2. The maximum Gasteiger partial charge on any atom is 0.417 e. The third-order valence-corrected chi connectivity index (χ3v) is 10.9. The van der Waals surface area contributed by atoms with Gasteiger partial charge in [-0.05, 0) is 83.9 Å². The summed E-state index contributed by atoms with van der Waals surface area (Å²) in [6, 6.07) is 17.2. The molecule has 8 heterocycles. The number of aromatic nitrogens is 6. The minimum Gasteiger partial charge on any atom is -0.443 e. The van der Waals surface area contributed by atoms with E-state index >= 15 is 4.39 Å². The van der Waals surface area contributed by atoms with Crippen molar-refractivity contribution in [2.24, 2.45) is 0 Å². The number of fused-ring (bicyclic) bond motifs is 2. The summed E-state index contributed by atoms with van der Waals surface area (Å²) in [5, 5.41) is 51.5. The van der Waals surface area contributed by atoms with E-state index in [4.69, 9.17) is 15.7 Å². The molecule has 6 aromatic rings. The molecule has 69 heavy (non-hydrogen) atoms. The minimum atomic E-state index is -2.56. The number of nitriles is 2. The smallest absolute Gasteiger partial charge is 0.417 e. The largest absolute Gasteiger partial charge is 0.443 e. The van der Waals surface area contributed by atoms with Crippen molar-refractivity contribution in [3.8, 4) is 46.0 Å². The Hall–Kier alpha value is -8.07. The molecular formula is C49H46F2N12O6. The summed E-state index contributed by atoms with van der Waals surface area (Å²) in [5.74, 6) is -2.91. The van der Waals surface area contributed by atoms with Gasteiger partial charge in [-0.15, -0.1) is 0 Å². The van der Waals surface area contributed by atoms with Gasteiger partial charge in [0.15, 0.2) is 11.6 Å². The molecule has 0 spiro atoms. The molecule has 4 aliphatic rings.